The van der Waals surface area contributed by atoms with Crippen molar-refractivity contribution in [2.24, 2.45) is 5.73 Å². The molecule has 8 nitrogen and oxygen atoms in total. The van der Waals surface area contributed by atoms with Crippen LogP contribution < -0.4 is 11.5 Å². The monoisotopic (exact) mass is 563 g/mol. The first kappa shape index (κ1) is 22.5. The number of hydrogen-bond donors (Lipinski definition) is 2. The van der Waals surface area contributed by atoms with Crippen molar-refractivity contribution in [1.82, 2.24) is 19.7 Å². The van der Waals surface area contributed by atoms with E-state index >= 15 is 0 Å². The molecule has 0 aliphatic heterocycles. The van der Waals surface area contributed by atoms with Gasteiger partial charge >= 0.3 is 6.18 Å². The smallest absolute Gasteiger partial charge is 0.368 e. The topological polar surface area (TPSA) is 136 Å². The number of fused-ring (bicyclic) bond motifs is 1. The van der Waals surface area contributed by atoms with Gasteiger partial charge in [-0.15, -0.1) is 0 Å². The average molecular weight is 563 g/mol. The highest BCUT2D eigenvalue weighted by atomic mass is 127. The van der Waals surface area contributed by atoms with Gasteiger partial charge in [0.2, 0.25) is 11.9 Å². The maximum atomic E-state index is 13.2. The summed E-state index contributed by atoms with van der Waals surface area (Å²) in [4.78, 5) is 20.1. The Morgan fingerprint density at radius 1 is 1.15 bits per heavy atom. The molecule has 4 rings (SSSR count). The fourth-order valence-electron chi connectivity index (χ4n) is 3.36. The predicted octanol–water partition coefficient (Wildman–Crippen LogP) is 3.72. The zero-order chi connectivity index (χ0) is 23.9. The zero-order valence-electron chi connectivity index (χ0n) is 16.6. The maximum absolute atomic E-state index is 13.2. The van der Waals surface area contributed by atoms with Gasteiger partial charge in [0, 0.05) is 14.7 Å². The van der Waals surface area contributed by atoms with E-state index in [-0.39, 0.29) is 29.3 Å². The molecule has 0 aliphatic carbocycles. The molecule has 0 spiro atoms. The molecule has 0 unspecified atom stereocenters. The quantitative estimate of drug-likeness (QED) is 0.364. The number of nitrogens with two attached hydrogens (primary N) is 2. The van der Waals surface area contributed by atoms with Gasteiger partial charge in [-0.1, -0.05) is 0 Å². The Balaban J connectivity index is 1.84. The first-order valence-corrected chi connectivity index (χ1v) is 10.3. The first-order chi connectivity index (χ1) is 15.5. The molecule has 0 saturated heterocycles. The molecular formula is C21H13F3IN7O. The highest BCUT2D eigenvalue weighted by Crippen LogP contribution is 2.32. The summed E-state index contributed by atoms with van der Waals surface area (Å²) in [5.41, 5.74) is 12.2. The van der Waals surface area contributed by atoms with Crippen molar-refractivity contribution in [2.75, 3.05) is 5.73 Å². The van der Waals surface area contributed by atoms with Gasteiger partial charge in [-0.3, -0.25) is 4.79 Å². The third kappa shape index (κ3) is 4.58. The number of alkyl halides is 3. The number of amides is 1. The summed E-state index contributed by atoms with van der Waals surface area (Å²) in [6.07, 6.45) is -3.03. The molecule has 4 N–H and O–H groups in total. The van der Waals surface area contributed by atoms with Crippen molar-refractivity contribution in [1.29, 1.82) is 5.26 Å². The van der Waals surface area contributed by atoms with Gasteiger partial charge in [0.15, 0.2) is 5.65 Å². The molecule has 2 aromatic carbocycles. The Bertz CT molecular complexity index is 1460. The number of hydrogen-bond acceptors (Lipinski definition) is 6. The number of aromatic nitrogens is 4. The van der Waals surface area contributed by atoms with E-state index in [1.54, 1.807) is 6.07 Å². The number of nitrogen functional groups attached to an aromatic ring is 1. The number of nitriles is 1. The molecule has 1 amide bonds. The van der Waals surface area contributed by atoms with E-state index in [1.807, 2.05) is 28.7 Å². The molecule has 0 aliphatic rings. The summed E-state index contributed by atoms with van der Waals surface area (Å²) in [6, 6.07) is 10.0. The molecule has 0 radical (unpaired) electrons. The van der Waals surface area contributed by atoms with Gasteiger partial charge in [0.1, 0.15) is 0 Å². The van der Waals surface area contributed by atoms with E-state index in [1.165, 1.54) is 29.1 Å². The fraction of sp³-hybridized carbons (Fsp3) is 0.0952. The summed E-state index contributed by atoms with van der Waals surface area (Å²) >= 11 is 1.82. The summed E-state index contributed by atoms with van der Waals surface area (Å²) in [6.45, 7) is 0.00405. The Kier molecular flexibility index (Phi) is 5.66. The summed E-state index contributed by atoms with van der Waals surface area (Å²) in [5, 5.41) is 14.0. The molecule has 0 saturated carbocycles. The number of nitrogens with zero attached hydrogens (tertiary/aromatic N) is 5. The van der Waals surface area contributed by atoms with Gasteiger partial charge in [0.25, 0.3) is 0 Å². The molecular weight excluding hydrogens is 550 g/mol. The van der Waals surface area contributed by atoms with E-state index in [0.29, 0.717) is 25.8 Å². The van der Waals surface area contributed by atoms with Crippen molar-refractivity contribution < 1.29 is 18.0 Å². The number of anilines is 1. The molecule has 2 heterocycles. The van der Waals surface area contributed by atoms with E-state index in [4.69, 9.17) is 11.5 Å². The third-order valence-electron chi connectivity index (χ3n) is 4.75. The Morgan fingerprint density at radius 2 is 1.91 bits per heavy atom. The van der Waals surface area contributed by atoms with Gasteiger partial charge in [-0.2, -0.15) is 28.5 Å². The van der Waals surface area contributed by atoms with E-state index in [9.17, 15) is 23.2 Å². The van der Waals surface area contributed by atoms with Crippen molar-refractivity contribution in [3.8, 4) is 17.3 Å². The number of primary amides is 1. The molecule has 0 atom stereocenters. The van der Waals surface area contributed by atoms with Crippen molar-refractivity contribution >= 4 is 45.5 Å². The molecule has 0 fully saturated rings. The average Bonchev–Trinajstić information content (AvgIpc) is 3.14. The lowest BCUT2D eigenvalue weighted by molar-refractivity contribution is -0.137. The minimum absolute atomic E-state index is 0.00405. The van der Waals surface area contributed by atoms with Gasteiger partial charge in [-0.25, -0.2) is 9.67 Å². The van der Waals surface area contributed by atoms with Crippen LogP contribution in [0.5, 0.6) is 0 Å². The lowest BCUT2D eigenvalue weighted by Gasteiger charge is -2.11. The van der Waals surface area contributed by atoms with Crippen molar-refractivity contribution in [2.45, 2.75) is 12.7 Å². The Hall–Kier alpha value is -3.73. The fourth-order valence-corrected chi connectivity index (χ4v) is 4.09. The Labute approximate surface area is 198 Å². The SMILES string of the molecule is N#Cc1cc(C(N)=O)cc(-c2nc(N)nc3c2cnn3Cc2cc(I)cc(C(F)(F)F)c2)c1. The number of carbonyl (C=O) groups excluding carboxylic acids is 1. The molecule has 2 aromatic heterocycles. The van der Waals surface area contributed by atoms with Crippen LogP contribution in [0.1, 0.15) is 27.0 Å². The number of carbonyl (C=O) groups is 1. The highest BCUT2D eigenvalue weighted by molar-refractivity contribution is 14.1. The summed E-state index contributed by atoms with van der Waals surface area (Å²) in [7, 11) is 0. The van der Waals surface area contributed by atoms with Crippen molar-refractivity contribution in [3.05, 3.63) is 68.4 Å². The normalized spacial score (nSPS) is 11.5. The minimum Gasteiger partial charge on any atom is -0.368 e. The van der Waals surface area contributed by atoms with Crippen LogP contribution in [-0.4, -0.2) is 25.7 Å². The minimum atomic E-state index is -4.48. The van der Waals surface area contributed by atoms with Crippen LogP contribution in [0.4, 0.5) is 19.1 Å². The van der Waals surface area contributed by atoms with Crippen molar-refractivity contribution in [3.63, 3.8) is 0 Å². The second kappa shape index (κ2) is 8.32. The largest absolute Gasteiger partial charge is 0.416 e. The van der Waals surface area contributed by atoms with Gasteiger partial charge < -0.3 is 11.5 Å². The van der Waals surface area contributed by atoms with Crippen LogP contribution in [-0.2, 0) is 12.7 Å². The first-order valence-electron chi connectivity index (χ1n) is 9.26. The molecule has 12 heteroatoms. The standard InChI is InChI=1S/C21H13F3IN7O/c22-21(23,24)14-3-11(4-15(25)6-14)9-32-19-16(8-29-32)17(30-20(28)31-19)12-1-10(7-26)2-13(5-12)18(27)33/h1-6,8H,9H2,(H2,27,33)(H2,28,30,31). The van der Waals surface area contributed by atoms with Crippen LogP contribution in [0.25, 0.3) is 22.3 Å². The van der Waals surface area contributed by atoms with Crippen LogP contribution in [0.15, 0.2) is 42.6 Å². The van der Waals surface area contributed by atoms with E-state index in [2.05, 4.69) is 15.1 Å². The maximum Gasteiger partial charge on any atom is 0.416 e. The van der Waals surface area contributed by atoms with E-state index < -0.39 is 17.6 Å². The number of benzene rings is 2. The predicted molar refractivity (Wildman–Crippen MR) is 122 cm³/mol. The highest BCUT2D eigenvalue weighted by Gasteiger charge is 2.31. The Morgan fingerprint density at radius 3 is 2.58 bits per heavy atom. The van der Waals surface area contributed by atoms with Gasteiger partial charge in [-0.05, 0) is 64.6 Å². The zero-order valence-corrected chi connectivity index (χ0v) is 18.7. The lowest BCUT2D eigenvalue weighted by Crippen LogP contribution is -2.11. The second-order valence-corrected chi connectivity index (χ2v) is 8.34. The summed E-state index contributed by atoms with van der Waals surface area (Å²) in [5.74, 6) is -0.831. The molecule has 4 aromatic rings. The number of halogens is 4. The van der Waals surface area contributed by atoms with Crippen LogP contribution in [0, 0.1) is 14.9 Å². The van der Waals surface area contributed by atoms with Crippen LogP contribution in [0.3, 0.4) is 0 Å². The third-order valence-corrected chi connectivity index (χ3v) is 5.37. The molecule has 0 bridgehead atoms. The second-order valence-electron chi connectivity index (χ2n) is 7.09. The lowest BCUT2D eigenvalue weighted by atomic mass is 10.0. The molecule has 166 valence electrons. The van der Waals surface area contributed by atoms with E-state index in [0.717, 1.165) is 12.1 Å². The van der Waals surface area contributed by atoms with Crippen LogP contribution in [0.2, 0.25) is 0 Å². The molecule has 33 heavy (non-hydrogen) atoms. The van der Waals surface area contributed by atoms with Gasteiger partial charge in [0.05, 0.1) is 41.0 Å². The summed E-state index contributed by atoms with van der Waals surface area (Å²) < 4.78 is 41.5. The number of rotatable bonds is 4. The van der Waals surface area contributed by atoms with Crippen LogP contribution >= 0.6 is 22.6 Å².